The summed E-state index contributed by atoms with van der Waals surface area (Å²) in [5, 5.41) is 2.91. The number of benzene rings is 1. The second kappa shape index (κ2) is 7.92. The summed E-state index contributed by atoms with van der Waals surface area (Å²) in [5.74, 6) is -0.192. The standard InChI is InChI=1S/C22H27N3O3/c1-14(2)16-6-8-17(9-7-16)23-21(26)13-25-18-10-11-24(5)19(18)12-20(25)22(27)28-15(3)4/h6-12,14-15H,13H2,1-5H3,(H,23,26). The molecule has 6 nitrogen and oxygen atoms in total. The lowest BCUT2D eigenvalue weighted by Crippen LogP contribution is -2.23. The number of aromatic nitrogens is 2. The molecule has 0 aliphatic rings. The highest BCUT2D eigenvalue weighted by molar-refractivity contribution is 5.97. The molecule has 1 N–H and O–H groups in total. The van der Waals surface area contributed by atoms with Gasteiger partial charge in [0.1, 0.15) is 12.2 Å². The normalized spacial score (nSPS) is 11.4. The van der Waals surface area contributed by atoms with Gasteiger partial charge in [0.2, 0.25) is 5.91 Å². The average Bonchev–Trinajstić information content (AvgIpc) is 3.15. The summed E-state index contributed by atoms with van der Waals surface area (Å²) in [6.07, 6.45) is 1.67. The summed E-state index contributed by atoms with van der Waals surface area (Å²) in [4.78, 5) is 25.2. The predicted octanol–water partition coefficient (Wildman–Crippen LogP) is 4.31. The first kappa shape index (κ1) is 19.7. The molecule has 0 fully saturated rings. The number of aryl methyl sites for hydroxylation is 1. The highest BCUT2D eigenvalue weighted by Crippen LogP contribution is 2.22. The summed E-state index contributed by atoms with van der Waals surface area (Å²) in [6.45, 7) is 7.89. The van der Waals surface area contributed by atoms with E-state index in [1.54, 1.807) is 24.5 Å². The fraction of sp³-hybridized carbons (Fsp3) is 0.364. The molecular weight excluding hydrogens is 354 g/mol. The minimum absolute atomic E-state index is 0.0297. The molecular formula is C22H27N3O3. The van der Waals surface area contributed by atoms with Crippen LogP contribution in [0.5, 0.6) is 0 Å². The Morgan fingerprint density at radius 2 is 1.71 bits per heavy atom. The Hall–Kier alpha value is -3.02. The topological polar surface area (TPSA) is 65.3 Å². The molecule has 148 valence electrons. The number of anilines is 1. The average molecular weight is 381 g/mol. The Balaban J connectivity index is 1.83. The van der Waals surface area contributed by atoms with Crippen LogP contribution >= 0.6 is 0 Å². The zero-order valence-corrected chi connectivity index (χ0v) is 17.0. The van der Waals surface area contributed by atoms with Crippen LogP contribution in [0.25, 0.3) is 11.0 Å². The summed E-state index contributed by atoms with van der Waals surface area (Å²) >= 11 is 0. The molecule has 3 rings (SSSR count). The molecule has 1 aromatic carbocycles. The lowest BCUT2D eigenvalue weighted by Gasteiger charge is -2.12. The Bertz CT molecular complexity index is 994. The van der Waals surface area contributed by atoms with Gasteiger partial charge in [0.05, 0.1) is 17.1 Å². The molecule has 6 heteroatoms. The van der Waals surface area contributed by atoms with Gasteiger partial charge in [0, 0.05) is 18.9 Å². The number of esters is 1. The van der Waals surface area contributed by atoms with Crippen LogP contribution in [0.3, 0.4) is 0 Å². The third-order valence-electron chi connectivity index (χ3n) is 4.67. The molecule has 0 aliphatic heterocycles. The molecule has 0 saturated heterocycles. The number of carbonyl (C=O) groups is 2. The van der Waals surface area contributed by atoms with Crippen molar-refractivity contribution in [3.05, 3.63) is 53.9 Å². The molecule has 1 amide bonds. The van der Waals surface area contributed by atoms with Gasteiger partial charge in [0.15, 0.2) is 0 Å². The van der Waals surface area contributed by atoms with Gasteiger partial charge in [-0.05, 0) is 49.6 Å². The summed E-state index contributed by atoms with van der Waals surface area (Å²) in [6, 6.07) is 11.5. The highest BCUT2D eigenvalue weighted by Gasteiger charge is 2.21. The molecule has 0 spiro atoms. The van der Waals surface area contributed by atoms with Gasteiger partial charge in [-0.3, -0.25) is 4.79 Å². The van der Waals surface area contributed by atoms with Crippen LogP contribution in [0.2, 0.25) is 0 Å². The van der Waals surface area contributed by atoms with Gasteiger partial charge < -0.3 is 19.2 Å². The molecule has 2 heterocycles. The van der Waals surface area contributed by atoms with Crippen LogP contribution in [0, 0.1) is 0 Å². The fourth-order valence-electron chi connectivity index (χ4n) is 3.18. The van der Waals surface area contributed by atoms with Gasteiger partial charge in [-0.25, -0.2) is 4.79 Å². The van der Waals surface area contributed by atoms with Crippen molar-refractivity contribution in [2.24, 2.45) is 7.05 Å². The van der Waals surface area contributed by atoms with Crippen molar-refractivity contribution < 1.29 is 14.3 Å². The third-order valence-corrected chi connectivity index (χ3v) is 4.67. The van der Waals surface area contributed by atoms with E-state index in [1.165, 1.54) is 5.56 Å². The van der Waals surface area contributed by atoms with E-state index in [4.69, 9.17) is 4.74 Å². The lowest BCUT2D eigenvalue weighted by molar-refractivity contribution is -0.116. The van der Waals surface area contributed by atoms with Crippen LogP contribution in [-0.4, -0.2) is 27.1 Å². The quantitative estimate of drug-likeness (QED) is 0.647. The second-order valence-electron chi connectivity index (χ2n) is 7.59. The Kier molecular flexibility index (Phi) is 5.58. The number of rotatable bonds is 6. The monoisotopic (exact) mass is 381 g/mol. The van der Waals surface area contributed by atoms with Crippen molar-refractivity contribution in [3.63, 3.8) is 0 Å². The number of fused-ring (bicyclic) bond motifs is 1. The number of hydrogen-bond acceptors (Lipinski definition) is 3. The van der Waals surface area contributed by atoms with Crippen LogP contribution in [-0.2, 0) is 23.1 Å². The Morgan fingerprint density at radius 3 is 2.32 bits per heavy atom. The van der Waals surface area contributed by atoms with Gasteiger partial charge in [-0.15, -0.1) is 0 Å². The van der Waals surface area contributed by atoms with E-state index >= 15 is 0 Å². The minimum atomic E-state index is -0.430. The zero-order chi connectivity index (χ0) is 20.4. The number of amides is 1. The molecule has 0 bridgehead atoms. The van der Waals surface area contributed by atoms with Crippen molar-refractivity contribution >= 4 is 28.6 Å². The Labute approximate surface area is 165 Å². The van der Waals surface area contributed by atoms with E-state index < -0.39 is 5.97 Å². The van der Waals surface area contributed by atoms with Gasteiger partial charge in [-0.2, -0.15) is 0 Å². The molecule has 0 aliphatic carbocycles. The van der Waals surface area contributed by atoms with E-state index in [2.05, 4.69) is 19.2 Å². The minimum Gasteiger partial charge on any atom is -0.458 e. The summed E-state index contributed by atoms with van der Waals surface area (Å²) in [5.41, 5.74) is 4.03. The van der Waals surface area contributed by atoms with Crippen LogP contribution in [0.15, 0.2) is 42.6 Å². The van der Waals surface area contributed by atoms with Crippen molar-refractivity contribution in [1.82, 2.24) is 9.13 Å². The van der Waals surface area contributed by atoms with Crippen LogP contribution in [0.4, 0.5) is 5.69 Å². The SMILES string of the molecule is CC(C)OC(=O)c1cc2c(ccn2C)n1CC(=O)Nc1ccc(C(C)C)cc1. The maximum absolute atomic E-state index is 12.7. The van der Waals surface area contributed by atoms with Gasteiger partial charge >= 0.3 is 5.97 Å². The number of hydrogen-bond donors (Lipinski definition) is 1. The molecule has 28 heavy (non-hydrogen) atoms. The van der Waals surface area contributed by atoms with Gasteiger partial charge in [0.25, 0.3) is 0 Å². The first-order valence-corrected chi connectivity index (χ1v) is 9.51. The lowest BCUT2D eigenvalue weighted by atomic mass is 10.0. The van der Waals surface area contributed by atoms with E-state index in [1.807, 2.05) is 48.1 Å². The van der Waals surface area contributed by atoms with Crippen molar-refractivity contribution in [1.29, 1.82) is 0 Å². The van der Waals surface area contributed by atoms with E-state index in [9.17, 15) is 9.59 Å². The third kappa shape index (κ3) is 4.11. The van der Waals surface area contributed by atoms with Gasteiger partial charge in [-0.1, -0.05) is 26.0 Å². The number of ether oxygens (including phenoxy) is 1. The van der Waals surface area contributed by atoms with Crippen molar-refractivity contribution in [3.8, 4) is 0 Å². The van der Waals surface area contributed by atoms with E-state index in [0.29, 0.717) is 11.6 Å². The largest absolute Gasteiger partial charge is 0.458 e. The highest BCUT2D eigenvalue weighted by atomic mass is 16.5. The maximum atomic E-state index is 12.7. The second-order valence-corrected chi connectivity index (χ2v) is 7.59. The molecule has 0 unspecified atom stereocenters. The molecule has 2 aromatic heterocycles. The molecule has 3 aromatic rings. The van der Waals surface area contributed by atoms with Crippen molar-refractivity contribution in [2.45, 2.75) is 46.3 Å². The summed E-state index contributed by atoms with van der Waals surface area (Å²) in [7, 11) is 1.90. The zero-order valence-electron chi connectivity index (χ0n) is 17.0. The maximum Gasteiger partial charge on any atom is 0.355 e. The predicted molar refractivity (Wildman–Crippen MR) is 111 cm³/mol. The number of nitrogens with one attached hydrogen (secondary N) is 1. The smallest absolute Gasteiger partial charge is 0.355 e. The van der Waals surface area contributed by atoms with Crippen LogP contribution < -0.4 is 5.32 Å². The Morgan fingerprint density at radius 1 is 1.04 bits per heavy atom. The van der Waals surface area contributed by atoms with Crippen molar-refractivity contribution in [2.75, 3.05) is 5.32 Å². The first-order valence-electron chi connectivity index (χ1n) is 9.51. The fourth-order valence-corrected chi connectivity index (χ4v) is 3.18. The number of carbonyl (C=O) groups excluding carboxylic acids is 2. The molecule has 0 saturated carbocycles. The van der Waals surface area contributed by atoms with E-state index in [-0.39, 0.29) is 18.6 Å². The molecule has 0 radical (unpaired) electrons. The van der Waals surface area contributed by atoms with E-state index in [0.717, 1.165) is 16.7 Å². The number of nitrogens with zero attached hydrogens (tertiary/aromatic N) is 2. The first-order chi connectivity index (χ1) is 13.3. The van der Waals surface area contributed by atoms with Crippen LogP contribution in [0.1, 0.15) is 49.7 Å². The molecule has 0 atom stereocenters. The summed E-state index contributed by atoms with van der Waals surface area (Å²) < 4.78 is 8.97.